The molecule has 1 aliphatic carbocycles. The molecule has 0 aromatic rings. The van der Waals surface area contributed by atoms with Gasteiger partial charge in [-0.15, -0.1) is 0 Å². The first-order chi connectivity index (χ1) is 6.88. The molecule has 2 aliphatic rings. The SMILES string of the molecule is CCN1CCC(CNCC2CC2)CC1. The highest BCUT2D eigenvalue weighted by Crippen LogP contribution is 2.27. The molecule has 2 heteroatoms. The van der Waals surface area contributed by atoms with Gasteiger partial charge in [-0.25, -0.2) is 0 Å². The fourth-order valence-electron chi connectivity index (χ4n) is 2.32. The predicted molar refractivity (Wildman–Crippen MR) is 60.4 cm³/mol. The topological polar surface area (TPSA) is 15.3 Å². The summed E-state index contributed by atoms with van der Waals surface area (Å²) in [5, 5.41) is 3.63. The number of hydrogen-bond donors (Lipinski definition) is 1. The monoisotopic (exact) mass is 196 g/mol. The summed E-state index contributed by atoms with van der Waals surface area (Å²) in [5.74, 6) is 1.99. The third-order valence-electron chi connectivity index (χ3n) is 3.72. The molecule has 1 heterocycles. The molecule has 2 fully saturated rings. The van der Waals surface area contributed by atoms with Crippen LogP contribution in [0.4, 0.5) is 0 Å². The molecule has 2 rings (SSSR count). The first-order valence-electron chi connectivity index (χ1n) is 6.31. The van der Waals surface area contributed by atoms with Gasteiger partial charge in [0.1, 0.15) is 0 Å². The normalized spacial score (nSPS) is 25.5. The summed E-state index contributed by atoms with van der Waals surface area (Å²) < 4.78 is 0. The minimum absolute atomic E-state index is 0.955. The second-order valence-electron chi connectivity index (χ2n) is 4.98. The Bertz CT molecular complexity index is 158. The van der Waals surface area contributed by atoms with E-state index in [2.05, 4.69) is 17.1 Å². The molecule has 0 unspecified atom stereocenters. The zero-order valence-corrected chi connectivity index (χ0v) is 9.47. The molecule has 14 heavy (non-hydrogen) atoms. The van der Waals surface area contributed by atoms with E-state index >= 15 is 0 Å². The lowest BCUT2D eigenvalue weighted by Gasteiger charge is -2.31. The van der Waals surface area contributed by atoms with E-state index in [0.29, 0.717) is 0 Å². The second kappa shape index (κ2) is 5.13. The van der Waals surface area contributed by atoms with Crippen molar-refractivity contribution in [1.29, 1.82) is 0 Å². The average Bonchev–Trinajstić information content (AvgIpc) is 3.03. The molecule has 1 saturated heterocycles. The first-order valence-corrected chi connectivity index (χ1v) is 6.31. The van der Waals surface area contributed by atoms with Crippen LogP contribution in [0.2, 0.25) is 0 Å². The van der Waals surface area contributed by atoms with E-state index in [9.17, 15) is 0 Å². The lowest BCUT2D eigenvalue weighted by molar-refractivity contribution is 0.190. The maximum Gasteiger partial charge on any atom is -0.00157 e. The average molecular weight is 196 g/mol. The van der Waals surface area contributed by atoms with Crippen LogP contribution in [0.3, 0.4) is 0 Å². The van der Waals surface area contributed by atoms with E-state index in [1.165, 1.54) is 58.4 Å². The molecule has 0 spiro atoms. The summed E-state index contributed by atoms with van der Waals surface area (Å²) in [6.07, 6.45) is 5.76. The summed E-state index contributed by atoms with van der Waals surface area (Å²) in [7, 11) is 0. The summed E-state index contributed by atoms with van der Waals surface area (Å²) in [5.41, 5.74) is 0. The number of nitrogens with one attached hydrogen (secondary N) is 1. The standard InChI is InChI=1S/C12H24N2/c1-2-14-7-5-12(6-8-14)10-13-9-11-3-4-11/h11-13H,2-10H2,1H3. The van der Waals surface area contributed by atoms with Crippen LogP contribution in [0.5, 0.6) is 0 Å². The van der Waals surface area contributed by atoms with Gasteiger partial charge >= 0.3 is 0 Å². The van der Waals surface area contributed by atoms with Crippen LogP contribution >= 0.6 is 0 Å². The smallest absolute Gasteiger partial charge is 0.00157 e. The van der Waals surface area contributed by atoms with Crippen LogP contribution in [-0.4, -0.2) is 37.6 Å². The van der Waals surface area contributed by atoms with Gasteiger partial charge < -0.3 is 10.2 Å². The Morgan fingerprint density at radius 2 is 1.57 bits per heavy atom. The fourth-order valence-corrected chi connectivity index (χ4v) is 2.32. The van der Waals surface area contributed by atoms with Gasteiger partial charge in [0, 0.05) is 0 Å². The molecular weight excluding hydrogens is 172 g/mol. The minimum atomic E-state index is 0.955. The lowest BCUT2D eigenvalue weighted by atomic mass is 9.97. The Labute approximate surface area is 88.1 Å². The molecule has 1 N–H and O–H groups in total. The van der Waals surface area contributed by atoms with Gasteiger partial charge in [0.05, 0.1) is 0 Å². The molecule has 0 atom stereocenters. The molecule has 0 radical (unpaired) electrons. The van der Waals surface area contributed by atoms with Crippen molar-refractivity contribution in [2.45, 2.75) is 32.6 Å². The van der Waals surface area contributed by atoms with E-state index < -0.39 is 0 Å². The quantitative estimate of drug-likeness (QED) is 0.720. The van der Waals surface area contributed by atoms with E-state index in [1.807, 2.05) is 0 Å². The number of nitrogens with zero attached hydrogens (tertiary/aromatic N) is 1. The van der Waals surface area contributed by atoms with Crippen molar-refractivity contribution in [1.82, 2.24) is 10.2 Å². The van der Waals surface area contributed by atoms with Crippen molar-refractivity contribution in [2.24, 2.45) is 11.8 Å². The van der Waals surface area contributed by atoms with Crippen LogP contribution in [0, 0.1) is 11.8 Å². The van der Waals surface area contributed by atoms with Crippen LogP contribution in [0.15, 0.2) is 0 Å². The Kier molecular flexibility index (Phi) is 3.82. The van der Waals surface area contributed by atoms with Crippen LogP contribution < -0.4 is 5.32 Å². The maximum absolute atomic E-state index is 3.63. The molecule has 82 valence electrons. The molecule has 1 saturated carbocycles. The minimum Gasteiger partial charge on any atom is -0.316 e. The molecule has 1 aliphatic heterocycles. The number of likely N-dealkylation sites (tertiary alicyclic amines) is 1. The highest BCUT2D eigenvalue weighted by molar-refractivity contribution is 4.77. The number of piperidine rings is 1. The van der Waals surface area contributed by atoms with Gasteiger partial charge in [-0.2, -0.15) is 0 Å². The van der Waals surface area contributed by atoms with Crippen molar-refractivity contribution in [3.63, 3.8) is 0 Å². The third-order valence-corrected chi connectivity index (χ3v) is 3.72. The zero-order chi connectivity index (χ0) is 9.80. The van der Waals surface area contributed by atoms with Crippen molar-refractivity contribution >= 4 is 0 Å². The Hall–Kier alpha value is -0.0800. The Balaban J connectivity index is 1.53. The van der Waals surface area contributed by atoms with Crippen molar-refractivity contribution in [3.05, 3.63) is 0 Å². The number of hydrogen-bond acceptors (Lipinski definition) is 2. The number of rotatable bonds is 5. The zero-order valence-electron chi connectivity index (χ0n) is 9.47. The van der Waals surface area contributed by atoms with Crippen LogP contribution in [0.25, 0.3) is 0 Å². The Morgan fingerprint density at radius 3 is 2.07 bits per heavy atom. The molecular formula is C12H24N2. The van der Waals surface area contributed by atoms with Gasteiger partial charge in [0.2, 0.25) is 0 Å². The lowest BCUT2D eigenvalue weighted by Crippen LogP contribution is -2.37. The van der Waals surface area contributed by atoms with Crippen LogP contribution in [0.1, 0.15) is 32.6 Å². The first kappa shape index (κ1) is 10.4. The van der Waals surface area contributed by atoms with Crippen LogP contribution in [-0.2, 0) is 0 Å². The second-order valence-corrected chi connectivity index (χ2v) is 4.98. The summed E-state index contributed by atoms with van der Waals surface area (Å²) in [6.45, 7) is 8.72. The van der Waals surface area contributed by atoms with Crippen molar-refractivity contribution in [3.8, 4) is 0 Å². The molecule has 2 nitrogen and oxygen atoms in total. The summed E-state index contributed by atoms with van der Waals surface area (Å²) in [4.78, 5) is 2.57. The predicted octanol–water partition coefficient (Wildman–Crippen LogP) is 1.72. The van der Waals surface area contributed by atoms with Crippen molar-refractivity contribution in [2.75, 3.05) is 32.7 Å². The van der Waals surface area contributed by atoms with E-state index in [0.717, 1.165) is 11.8 Å². The van der Waals surface area contributed by atoms with E-state index in [4.69, 9.17) is 0 Å². The van der Waals surface area contributed by atoms with E-state index in [-0.39, 0.29) is 0 Å². The van der Waals surface area contributed by atoms with Gasteiger partial charge in [0.15, 0.2) is 0 Å². The van der Waals surface area contributed by atoms with Gasteiger partial charge in [0.25, 0.3) is 0 Å². The largest absolute Gasteiger partial charge is 0.316 e. The van der Waals surface area contributed by atoms with Gasteiger partial charge in [-0.3, -0.25) is 0 Å². The molecule has 0 bridgehead atoms. The highest BCUT2D eigenvalue weighted by atomic mass is 15.1. The fraction of sp³-hybridized carbons (Fsp3) is 1.00. The maximum atomic E-state index is 3.63. The highest BCUT2D eigenvalue weighted by Gasteiger charge is 2.22. The van der Waals surface area contributed by atoms with Gasteiger partial charge in [-0.1, -0.05) is 6.92 Å². The molecule has 0 amide bonds. The Morgan fingerprint density at radius 1 is 1.00 bits per heavy atom. The summed E-state index contributed by atoms with van der Waals surface area (Å²) in [6, 6.07) is 0. The van der Waals surface area contributed by atoms with E-state index in [1.54, 1.807) is 0 Å². The van der Waals surface area contributed by atoms with Crippen molar-refractivity contribution < 1.29 is 0 Å². The molecule has 0 aromatic heterocycles. The van der Waals surface area contributed by atoms with Gasteiger partial charge in [-0.05, 0) is 70.2 Å². The summed E-state index contributed by atoms with van der Waals surface area (Å²) >= 11 is 0. The molecule has 0 aromatic carbocycles. The third kappa shape index (κ3) is 3.25.